The summed E-state index contributed by atoms with van der Waals surface area (Å²) in [5, 5.41) is 20.3. The summed E-state index contributed by atoms with van der Waals surface area (Å²) in [7, 11) is -1.59. The number of aromatic nitrogens is 2. The Morgan fingerprint density at radius 1 is 1.30 bits per heavy atom. The van der Waals surface area contributed by atoms with Crippen molar-refractivity contribution in [1.82, 2.24) is 9.55 Å². The third-order valence-corrected chi connectivity index (χ3v) is 3.78. The maximum Gasteiger partial charge on any atom is 0.488 e. The summed E-state index contributed by atoms with van der Waals surface area (Å²) >= 11 is 0. The number of hydrogen-bond donors (Lipinski definition) is 3. The first kappa shape index (κ1) is 20.6. The normalized spacial score (nSPS) is 10.5. The molecule has 2 aromatic rings. The molecule has 0 aliphatic rings. The molecule has 3 N–H and O–H groups in total. The van der Waals surface area contributed by atoms with Crippen LogP contribution in [0.3, 0.4) is 0 Å². The number of rotatable bonds is 8. The molecule has 0 radical (unpaired) electrons. The van der Waals surface area contributed by atoms with Crippen molar-refractivity contribution in [3.05, 3.63) is 52.3 Å². The van der Waals surface area contributed by atoms with Crippen LogP contribution in [0.4, 0.5) is 15.0 Å². The van der Waals surface area contributed by atoms with Crippen molar-refractivity contribution in [3.8, 4) is 0 Å². The first-order valence-corrected chi connectivity index (χ1v) is 8.56. The van der Waals surface area contributed by atoms with Crippen LogP contribution in [0.1, 0.15) is 31.7 Å². The summed E-state index contributed by atoms with van der Waals surface area (Å²) in [6.07, 6.45) is 2.66. The molecule has 0 bridgehead atoms. The van der Waals surface area contributed by atoms with Gasteiger partial charge in [-0.05, 0) is 17.4 Å². The van der Waals surface area contributed by atoms with E-state index in [-0.39, 0.29) is 13.2 Å². The minimum atomic E-state index is -1.59. The van der Waals surface area contributed by atoms with Crippen molar-refractivity contribution in [2.24, 2.45) is 0 Å². The number of nitrogens with one attached hydrogen (secondary N) is 1. The van der Waals surface area contributed by atoms with Gasteiger partial charge in [-0.3, -0.25) is 9.88 Å². The number of anilines is 1. The lowest BCUT2D eigenvalue weighted by Crippen LogP contribution is -2.30. The quantitative estimate of drug-likeness (QED) is 0.464. The number of carbonyl (C=O) groups is 1. The zero-order valence-corrected chi connectivity index (χ0v) is 14.9. The van der Waals surface area contributed by atoms with E-state index < -0.39 is 30.5 Å². The summed E-state index contributed by atoms with van der Waals surface area (Å²) in [5.74, 6) is -1.36. The van der Waals surface area contributed by atoms with Gasteiger partial charge < -0.3 is 14.8 Å². The minimum absolute atomic E-state index is 0.0340. The van der Waals surface area contributed by atoms with Gasteiger partial charge in [0.1, 0.15) is 0 Å². The fraction of sp³-hybridized carbons (Fsp3) is 0.353. The molecule has 1 aromatic heterocycles. The van der Waals surface area contributed by atoms with Gasteiger partial charge in [-0.15, -0.1) is 0 Å². The molecule has 0 saturated carbocycles. The predicted molar refractivity (Wildman–Crippen MR) is 98.3 cm³/mol. The Morgan fingerprint density at radius 3 is 2.63 bits per heavy atom. The van der Waals surface area contributed by atoms with E-state index in [9.17, 15) is 14.0 Å². The van der Waals surface area contributed by atoms with Crippen LogP contribution in [0, 0.1) is 5.82 Å². The fourth-order valence-electron chi connectivity index (χ4n) is 2.31. The van der Waals surface area contributed by atoms with E-state index >= 15 is 0 Å². The van der Waals surface area contributed by atoms with Gasteiger partial charge in [0.05, 0.1) is 13.2 Å². The second kappa shape index (κ2) is 9.84. The Balaban J connectivity index is 2.03. The number of hydrogen-bond acceptors (Lipinski definition) is 6. The summed E-state index contributed by atoms with van der Waals surface area (Å²) in [6.45, 7) is 2.25. The Kier molecular flexibility index (Phi) is 7.50. The molecule has 1 amide bonds. The van der Waals surface area contributed by atoms with Crippen LogP contribution in [0.15, 0.2) is 35.3 Å². The first-order chi connectivity index (χ1) is 12.9. The molecule has 2 rings (SSSR count). The third-order valence-electron chi connectivity index (χ3n) is 3.78. The van der Waals surface area contributed by atoms with E-state index in [0.29, 0.717) is 17.4 Å². The first-order valence-electron chi connectivity index (χ1n) is 8.56. The van der Waals surface area contributed by atoms with Crippen LogP contribution < -0.4 is 16.5 Å². The molecular weight excluding hydrogens is 356 g/mol. The van der Waals surface area contributed by atoms with Gasteiger partial charge in [-0.1, -0.05) is 44.0 Å². The minimum Gasteiger partial charge on any atom is -0.449 e. The molecule has 0 saturated heterocycles. The molecular formula is C17H21BFN3O5. The highest BCUT2D eigenvalue weighted by Crippen LogP contribution is 2.09. The van der Waals surface area contributed by atoms with Crippen molar-refractivity contribution >= 4 is 24.5 Å². The molecule has 1 heterocycles. The molecule has 1 aromatic carbocycles. The summed E-state index contributed by atoms with van der Waals surface area (Å²) in [4.78, 5) is 27.2. The number of nitrogens with zero attached hydrogens (tertiary/aromatic N) is 2. The summed E-state index contributed by atoms with van der Waals surface area (Å²) < 4.78 is 20.1. The van der Waals surface area contributed by atoms with E-state index in [4.69, 9.17) is 14.8 Å². The number of unbranched alkanes of at least 4 members (excludes halogenated alkanes) is 2. The third kappa shape index (κ3) is 6.19. The number of amides is 1. The maximum atomic E-state index is 14.1. The van der Waals surface area contributed by atoms with Crippen molar-refractivity contribution in [3.63, 3.8) is 0 Å². The second-order valence-electron chi connectivity index (χ2n) is 5.93. The van der Waals surface area contributed by atoms with Gasteiger partial charge in [-0.2, -0.15) is 4.98 Å². The van der Waals surface area contributed by atoms with Crippen molar-refractivity contribution in [1.29, 1.82) is 0 Å². The lowest BCUT2D eigenvalue weighted by Gasteiger charge is -2.10. The molecule has 8 nitrogen and oxygen atoms in total. The van der Waals surface area contributed by atoms with E-state index in [0.717, 1.165) is 23.6 Å². The Morgan fingerprint density at radius 2 is 2.00 bits per heavy atom. The van der Waals surface area contributed by atoms with Crippen molar-refractivity contribution in [2.45, 2.75) is 32.7 Å². The molecule has 0 spiro atoms. The standard InChI is InChI=1S/C17H21BFN3O5/c1-2-3-4-9-27-17(24)21-15-14(19)11-22(16(23)20-15)10-12-5-7-13(8-6-12)18(25)26/h5-8,11,25-26H,2-4,9-10H2,1H3,(H,20,21,23,24). The van der Waals surface area contributed by atoms with Crippen LogP contribution in [0.25, 0.3) is 0 Å². The average molecular weight is 377 g/mol. The number of ether oxygens (including phenoxy) is 1. The van der Waals surface area contributed by atoms with Gasteiger partial charge in [0.15, 0.2) is 11.6 Å². The van der Waals surface area contributed by atoms with E-state index in [1.54, 1.807) is 12.1 Å². The highest BCUT2D eigenvalue weighted by molar-refractivity contribution is 6.58. The van der Waals surface area contributed by atoms with Gasteiger partial charge in [0, 0.05) is 6.20 Å². The van der Waals surface area contributed by atoms with Crippen molar-refractivity contribution < 1.29 is 24.0 Å². The molecule has 0 aliphatic carbocycles. The van der Waals surface area contributed by atoms with Gasteiger partial charge in [0.25, 0.3) is 0 Å². The molecule has 144 valence electrons. The lowest BCUT2D eigenvalue weighted by atomic mass is 9.80. The van der Waals surface area contributed by atoms with Crippen molar-refractivity contribution in [2.75, 3.05) is 11.9 Å². The number of carbonyl (C=O) groups excluding carboxylic acids is 1. The van der Waals surface area contributed by atoms with Crippen LogP contribution >= 0.6 is 0 Å². The van der Waals surface area contributed by atoms with Gasteiger partial charge in [-0.25, -0.2) is 14.0 Å². The molecule has 0 unspecified atom stereocenters. The second-order valence-corrected chi connectivity index (χ2v) is 5.93. The average Bonchev–Trinajstić information content (AvgIpc) is 2.63. The zero-order chi connectivity index (χ0) is 19.8. The zero-order valence-electron chi connectivity index (χ0n) is 14.9. The van der Waals surface area contributed by atoms with Crippen LogP contribution in [-0.2, 0) is 11.3 Å². The van der Waals surface area contributed by atoms with E-state index in [1.807, 2.05) is 6.92 Å². The molecule has 27 heavy (non-hydrogen) atoms. The Hall–Kier alpha value is -2.72. The van der Waals surface area contributed by atoms with Gasteiger partial charge in [0.2, 0.25) is 0 Å². The number of benzene rings is 1. The Bertz CT molecular complexity index is 826. The topological polar surface area (TPSA) is 114 Å². The smallest absolute Gasteiger partial charge is 0.449 e. The van der Waals surface area contributed by atoms with E-state index in [1.165, 1.54) is 12.1 Å². The van der Waals surface area contributed by atoms with Crippen LogP contribution in [-0.4, -0.2) is 39.4 Å². The van der Waals surface area contributed by atoms with Gasteiger partial charge >= 0.3 is 18.9 Å². The van der Waals surface area contributed by atoms with Crippen LogP contribution in [0.2, 0.25) is 0 Å². The maximum absolute atomic E-state index is 14.1. The molecule has 0 atom stereocenters. The fourth-order valence-corrected chi connectivity index (χ4v) is 2.31. The summed E-state index contributed by atoms with van der Waals surface area (Å²) in [5.41, 5.74) is 0.190. The SMILES string of the molecule is CCCCCOC(=O)Nc1nc(=O)n(Cc2ccc(B(O)O)cc2)cc1F. The summed E-state index contributed by atoms with van der Waals surface area (Å²) in [6, 6.07) is 6.14. The lowest BCUT2D eigenvalue weighted by molar-refractivity contribution is 0.159. The van der Waals surface area contributed by atoms with Crippen LogP contribution in [0.5, 0.6) is 0 Å². The highest BCUT2D eigenvalue weighted by atomic mass is 19.1. The predicted octanol–water partition coefficient (Wildman–Crippen LogP) is 0.849. The molecule has 0 aliphatic heterocycles. The Labute approximate surface area is 155 Å². The monoisotopic (exact) mass is 377 g/mol. The highest BCUT2D eigenvalue weighted by Gasteiger charge is 2.14. The largest absolute Gasteiger partial charge is 0.488 e. The van der Waals surface area contributed by atoms with E-state index in [2.05, 4.69) is 10.3 Å². The molecule has 10 heteroatoms. The molecule has 0 fully saturated rings. The number of halogens is 1.